The third kappa shape index (κ3) is 4.30. The van der Waals surface area contributed by atoms with Gasteiger partial charge in [-0.05, 0) is 36.4 Å². The Labute approximate surface area is 176 Å². The van der Waals surface area contributed by atoms with Crippen molar-refractivity contribution >= 4 is 37.0 Å². The van der Waals surface area contributed by atoms with Crippen LogP contribution >= 0.6 is 11.6 Å². The molecule has 29 heavy (non-hydrogen) atoms. The van der Waals surface area contributed by atoms with Crippen molar-refractivity contribution in [3.8, 4) is 0 Å². The summed E-state index contributed by atoms with van der Waals surface area (Å²) in [7, 11) is -7.20. The highest BCUT2D eigenvalue weighted by Gasteiger charge is 2.48. The molecule has 6 nitrogen and oxygen atoms in total. The van der Waals surface area contributed by atoms with E-state index in [9.17, 15) is 16.8 Å². The van der Waals surface area contributed by atoms with E-state index in [1.807, 2.05) is 35.2 Å². The van der Waals surface area contributed by atoms with E-state index in [2.05, 4.69) is 4.90 Å². The number of benzene rings is 2. The second kappa shape index (κ2) is 7.91. The largest absolute Gasteiger partial charge is 0.369 e. The number of para-hydroxylation sites is 1. The summed E-state index contributed by atoms with van der Waals surface area (Å²) >= 11 is 5.88. The average molecular weight is 455 g/mol. The first-order valence-corrected chi connectivity index (χ1v) is 13.2. The monoisotopic (exact) mass is 454 g/mol. The normalized spacial score (nSPS) is 25.2. The van der Waals surface area contributed by atoms with E-state index in [0.717, 1.165) is 18.8 Å². The molecule has 0 amide bonds. The van der Waals surface area contributed by atoms with Crippen LogP contribution in [0.2, 0.25) is 5.02 Å². The van der Waals surface area contributed by atoms with Gasteiger partial charge in [0.25, 0.3) is 0 Å². The van der Waals surface area contributed by atoms with Gasteiger partial charge in [0.2, 0.25) is 0 Å². The minimum absolute atomic E-state index is 0.115. The molecule has 2 aliphatic heterocycles. The molecule has 2 heterocycles. The number of hydrogen-bond donors (Lipinski definition) is 0. The van der Waals surface area contributed by atoms with Crippen molar-refractivity contribution in [1.82, 2.24) is 4.90 Å². The number of halogens is 1. The van der Waals surface area contributed by atoms with Gasteiger partial charge in [-0.3, -0.25) is 4.90 Å². The van der Waals surface area contributed by atoms with E-state index in [-0.39, 0.29) is 16.4 Å². The summed E-state index contributed by atoms with van der Waals surface area (Å²) in [6, 6.07) is 15.4. The lowest BCUT2D eigenvalue weighted by Crippen LogP contribution is -2.55. The minimum Gasteiger partial charge on any atom is -0.369 e. The first-order chi connectivity index (χ1) is 13.8. The maximum atomic E-state index is 13.2. The topological polar surface area (TPSA) is 74.8 Å². The van der Waals surface area contributed by atoms with Gasteiger partial charge in [0.15, 0.2) is 19.7 Å². The average Bonchev–Trinajstić information content (AvgIpc) is 3.05. The molecule has 0 aliphatic carbocycles. The van der Waals surface area contributed by atoms with Crippen LogP contribution in [0.3, 0.4) is 0 Å². The van der Waals surface area contributed by atoms with Crippen molar-refractivity contribution in [1.29, 1.82) is 0 Å². The third-order valence-corrected chi connectivity index (χ3v) is 10.1. The van der Waals surface area contributed by atoms with E-state index in [0.29, 0.717) is 18.1 Å². The number of anilines is 1. The van der Waals surface area contributed by atoms with Gasteiger partial charge >= 0.3 is 0 Å². The van der Waals surface area contributed by atoms with Crippen LogP contribution in [0, 0.1) is 0 Å². The van der Waals surface area contributed by atoms with Crippen LogP contribution < -0.4 is 4.90 Å². The van der Waals surface area contributed by atoms with Crippen molar-refractivity contribution in [2.45, 2.75) is 16.2 Å². The molecule has 0 saturated carbocycles. The fourth-order valence-corrected chi connectivity index (χ4v) is 9.14. The lowest BCUT2D eigenvalue weighted by molar-refractivity contribution is 0.201. The Hall–Kier alpha value is -1.61. The number of nitrogens with zero attached hydrogens (tertiary/aromatic N) is 2. The Morgan fingerprint density at radius 2 is 1.48 bits per heavy atom. The summed E-state index contributed by atoms with van der Waals surface area (Å²) in [6.07, 6.45) is 0. The summed E-state index contributed by atoms with van der Waals surface area (Å²) in [4.78, 5) is 4.39. The van der Waals surface area contributed by atoms with Gasteiger partial charge in [0.1, 0.15) is 0 Å². The molecule has 0 N–H and O–H groups in total. The van der Waals surface area contributed by atoms with E-state index in [4.69, 9.17) is 11.6 Å². The van der Waals surface area contributed by atoms with Gasteiger partial charge in [-0.25, -0.2) is 16.8 Å². The van der Waals surface area contributed by atoms with E-state index < -0.39 is 31.0 Å². The molecule has 4 rings (SSSR count). The van der Waals surface area contributed by atoms with E-state index >= 15 is 0 Å². The first kappa shape index (κ1) is 20.7. The Bertz CT molecular complexity index is 1070. The van der Waals surface area contributed by atoms with Crippen LogP contribution in [0.4, 0.5) is 5.69 Å². The van der Waals surface area contributed by atoms with E-state index in [1.165, 1.54) is 24.3 Å². The number of rotatable bonds is 4. The highest BCUT2D eigenvalue weighted by atomic mass is 35.5. The number of hydrogen-bond acceptors (Lipinski definition) is 6. The van der Waals surface area contributed by atoms with Gasteiger partial charge in [0, 0.05) is 42.9 Å². The fourth-order valence-electron chi connectivity index (χ4n) is 4.18. The van der Waals surface area contributed by atoms with Gasteiger partial charge in [-0.1, -0.05) is 29.8 Å². The maximum Gasteiger partial charge on any atom is 0.183 e. The first-order valence-electron chi connectivity index (χ1n) is 9.50. The van der Waals surface area contributed by atoms with Gasteiger partial charge in [-0.2, -0.15) is 0 Å². The van der Waals surface area contributed by atoms with Crippen LogP contribution in [-0.4, -0.2) is 70.7 Å². The molecule has 2 saturated heterocycles. The quantitative estimate of drug-likeness (QED) is 0.704. The maximum absolute atomic E-state index is 13.2. The summed E-state index contributed by atoms with van der Waals surface area (Å²) in [6.45, 7) is 2.71. The van der Waals surface area contributed by atoms with Gasteiger partial charge < -0.3 is 4.90 Å². The van der Waals surface area contributed by atoms with Crippen LogP contribution in [0.1, 0.15) is 0 Å². The predicted molar refractivity (Wildman–Crippen MR) is 115 cm³/mol. The van der Waals surface area contributed by atoms with Crippen molar-refractivity contribution in [2.75, 3.05) is 42.6 Å². The molecule has 2 atom stereocenters. The standard InChI is InChI=1S/C20H23ClN2O4S2/c21-16-6-8-18(9-7-16)29(26,27)20-15-28(24,25)14-19(20)23-12-10-22(11-13-23)17-4-2-1-3-5-17/h1-9,19-20H,10-15H2/t19-,20-/m0/s1. The molecule has 0 bridgehead atoms. The molecular weight excluding hydrogens is 432 g/mol. The summed E-state index contributed by atoms with van der Waals surface area (Å²) in [5.74, 6) is -0.447. The van der Waals surface area contributed by atoms with Crippen molar-refractivity contribution in [2.24, 2.45) is 0 Å². The molecule has 156 valence electrons. The second-order valence-corrected chi connectivity index (χ2v) is 12.3. The SMILES string of the molecule is O=S1(=O)C[C@H](N2CCN(c3ccccc3)CC2)[C@@H](S(=O)(=O)c2ccc(Cl)cc2)C1. The van der Waals surface area contributed by atoms with Crippen molar-refractivity contribution in [3.63, 3.8) is 0 Å². The zero-order chi connectivity index (χ0) is 20.6. The smallest absolute Gasteiger partial charge is 0.183 e. The molecule has 0 unspecified atom stereocenters. The number of sulfone groups is 2. The second-order valence-electron chi connectivity index (χ2n) is 7.54. The highest BCUT2D eigenvalue weighted by molar-refractivity contribution is 7.96. The summed E-state index contributed by atoms with van der Waals surface area (Å²) in [5, 5.41) is -0.520. The zero-order valence-corrected chi connectivity index (χ0v) is 18.2. The predicted octanol–water partition coefficient (Wildman–Crippen LogP) is 2.10. The molecule has 2 aliphatic rings. The molecule has 2 aromatic carbocycles. The van der Waals surface area contributed by atoms with Crippen LogP contribution in [-0.2, 0) is 19.7 Å². The minimum atomic E-state index is -3.78. The molecule has 2 fully saturated rings. The Morgan fingerprint density at radius 3 is 2.10 bits per heavy atom. The molecule has 2 aromatic rings. The molecular formula is C20H23ClN2O4S2. The Kier molecular flexibility index (Phi) is 5.63. The van der Waals surface area contributed by atoms with Crippen LogP contribution in [0.5, 0.6) is 0 Å². The number of piperazine rings is 1. The summed E-state index contributed by atoms with van der Waals surface area (Å²) in [5.41, 5.74) is 1.12. The van der Waals surface area contributed by atoms with Crippen molar-refractivity contribution < 1.29 is 16.8 Å². The van der Waals surface area contributed by atoms with Crippen LogP contribution in [0.15, 0.2) is 59.5 Å². The third-order valence-electron chi connectivity index (χ3n) is 5.72. The molecule has 9 heteroatoms. The summed E-state index contributed by atoms with van der Waals surface area (Å²) < 4.78 is 51.2. The lowest BCUT2D eigenvalue weighted by atomic mass is 10.1. The van der Waals surface area contributed by atoms with Gasteiger partial charge in [-0.15, -0.1) is 0 Å². The molecule has 0 radical (unpaired) electrons. The Morgan fingerprint density at radius 1 is 0.862 bits per heavy atom. The van der Waals surface area contributed by atoms with Gasteiger partial charge in [0.05, 0.1) is 21.7 Å². The zero-order valence-electron chi connectivity index (χ0n) is 15.8. The molecule has 0 aromatic heterocycles. The van der Waals surface area contributed by atoms with E-state index in [1.54, 1.807) is 0 Å². The highest BCUT2D eigenvalue weighted by Crippen LogP contribution is 2.30. The fraction of sp³-hybridized carbons (Fsp3) is 0.400. The van der Waals surface area contributed by atoms with Crippen molar-refractivity contribution in [3.05, 3.63) is 59.6 Å². The Balaban J connectivity index is 1.55. The van der Waals surface area contributed by atoms with Crippen LogP contribution in [0.25, 0.3) is 0 Å². The lowest BCUT2D eigenvalue weighted by Gasteiger charge is -2.40. The molecule has 0 spiro atoms.